The largest absolute Gasteiger partial charge is 0.332 e. The summed E-state index contributed by atoms with van der Waals surface area (Å²) in [6.45, 7) is 4.63. The Morgan fingerprint density at radius 2 is 1.12 bits per heavy atom. The van der Waals surface area contributed by atoms with E-state index in [0.717, 1.165) is 22.7 Å². The third-order valence-corrected chi connectivity index (χ3v) is 10.3. The lowest BCUT2D eigenvalue weighted by Gasteiger charge is -2.36. The van der Waals surface area contributed by atoms with Crippen LogP contribution >= 0.6 is 0 Å². The Hall–Kier alpha value is -6.11. The molecule has 1 atom stereocenters. The van der Waals surface area contributed by atoms with Crippen LogP contribution in [0.4, 0.5) is 28.4 Å². The van der Waals surface area contributed by atoms with Crippen molar-refractivity contribution in [2.45, 2.75) is 25.3 Å². The zero-order valence-electron chi connectivity index (χ0n) is 26.9. The van der Waals surface area contributed by atoms with Gasteiger partial charge in [-0.3, -0.25) is 0 Å². The van der Waals surface area contributed by atoms with Gasteiger partial charge in [0.15, 0.2) is 0 Å². The maximum atomic E-state index is 9.84. The quantitative estimate of drug-likeness (QED) is 0.180. The molecule has 8 aromatic carbocycles. The third-order valence-electron chi connectivity index (χ3n) is 10.3. The van der Waals surface area contributed by atoms with Crippen molar-refractivity contribution in [1.29, 1.82) is 5.26 Å². The molecule has 0 spiro atoms. The molecule has 9 rings (SSSR count). The van der Waals surface area contributed by atoms with Crippen LogP contribution in [0.1, 0.15) is 36.6 Å². The second kappa shape index (κ2) is 10.7. The van der Waals surface area contributed by atoms with E-state index in [1.54, 1.807) is 0 Å². The Morgan fingerprint density at radius 3 is 1.77 bits per heavy atom. The zero-order chi connectivity index (χ0) is 32.4. The van der Waals surface area contributed by atoms with Crippen molar-refractivity contribution in [3.05, 3.63) is 174 Å². The Balaban J connectivity index is 1.32. The van der Waals surface area contributed by atoms with Gasteiger partial charge in [-0.15, -0.1) is 0 Å². The number of anilines is 5. The average Bonchev–Trinajstić information content (AvgIpc) is 3.37. The van der Waals surface area contributed by atoms with E-state index < -0.39 is 0 Å². The van der Waals surface area contributed by atoms with Crippen molar-refractivity contribution >= 4 is 60.8 Å². The summed E-state index contributed by atoms with van der Waals surface area (Å²) in [7, 11) is 0. The Labute approximate surface area is 280 Å². The van der Waals surface area contributed by atoms with Gasteiger partial charge in [-0.25, -0.2) is 0 Å². The summed E-state index contributed by atoms with van der Waals surface area (Å²) in [5.74, 6) is 0. The Morgan fingerprint density at radius 1 is 0.583 bits per heavy atom. The van der Waals surface area contributed by atoms with E-state index in [4.69, 9.17) is 0 Å². The van der Waals surface area contributed by atoms with Crippen LogP contribution in [0.2, 0.25) is 0 Å². The van der Waals surface area contributed by atoms with E-state index in [2.05, 4.69) is 181 Å². The summed E-state index contributed by atoms with van der Waals surface area (Å²) in [6, 6.07) is 59.0. The van der Waals surface area contributed by atoms with Crippen LogP contribution in [0, 0.1) is 11.3 Å². The molecular formula is C45H33N3. The van der Waals surface area contributed by atoms with Crippen molar-refractivity contribution in [3.63, 3.8) is 0 Å². The molecule has 1 aliphatic heterocycles. The van der Waals surface area contributed by atoms with Gasteiger partial charge in [-0.1, -0.05) is 117 Å². The number of nitriles is 1. The lowest BCUT2D eigenvalue weighted by Crippen LogP contribution is -2.31. The highest BCUT2D eigenvalue weighted by Gasteiger charge is 2.46. The maximum absolute atomic E-state index is 9.84. The first-order chi connectivity index (χ1) is 23.5. The molecule has 8 aromatic rings. The van der Waals surface area contributed by atoms with Crippen LogP contribution in [0.5, 0.6) is 0 Å². The monoisotopic (exact) mass is 615 g/mol. The number of hydrogen-bond acceptors (Lipinski definition) is 3. The van der Waals surface area contributed by atoms with Crippen molar-refractivity contribution in [3.8, 4) is 6.07 Å². The molecule has 0 amide bonds. The normalized spacial score (nSPS) is 15.2. The summed E-state index contributed by atoms with van der Waals surface area (Å²) in [6.07, 6.45) is 0. The molecule has 0 fully saturated rings. The van der Waals surface area contributed by atoms with Crippen LogP contribution in [-0.2, 0) is 5.41 Å². The smallest absolute Gasteiger partial charge is 0.0991 e. The number of para-hydroxylation sites is 2. The van der Waals surface area contributed by atoms with Gasteiger partial charge in [0.25, 0.3) is 0 Å². The van der Waals surface area contributed by atoms with E-state index in [9.17, 15) is 5.26 Å². The third kappa shape index (κ3) is 4.13. The Kier molecular flexibility index (Phi) is 6.29. The predicted molar refractivity (Wildman–Crippen MR) is 200 cm³/mol. The molecule has 0 saturated heterocycles. The van der Waals surface area contributed by atoms with Crippen molar-refractivity contribution in [2.24, 2.45) is 0 Å². The summed E-state index contributed by atoms with van der Waals surface area (Å²) in [4.78, 5) is 4.89. The molecule has 0 radical (unpaired) electrons. The van der Waals surface area contributed by atoms with Crippen molar-refractivity contribution in [2.75, 3.05) is 9.80 Å². The second-order valence-electron chi connectivity index (χ2n) is 13.3. The first-order valence-corrected chi connectivity index (χ1v) is 16.5. The maximum Gasteiger partial charge on any atom is 0.0991 e. The molecule has 3 heteroatoms. The van der Waals surface area contributed by atoms with E-state index in [1.807, 2.05) is 6.07 Å². The summed E-state index contributed by atoms with van der Waals surface area (Å²) in [5.41, 5.74) is 8.63. The van der Waals surface area contributed by atoms with E-state index in [1.165, 1.54) is 49.1 Å². The fraction of sp³-hybridized carbons (Fsp3) is 0.0889. The van der Waals surface area contributed by atoms with E-state index in [-0.39, 0.29) is 11.5 Å². The minimum absolute atomic E-state index is 0.0447. The van der Waals surface area contributed by atoms with Gasteiger partial charge < -0.3 is 9.80 Å². The van der Waals surface area contributed by atoms with Gasteiger partial charge in [-0.2, -0.15) is 5.26 Å². The number of fused-ring (bicyclic) bond motifs is 1. The van der Waals surface area contributed by atoms with E-state index >= 15 is 0 Å². The summed E-state index contributed by atoms with van der Waals surface area (Å²) < 4.78 is 0. The topological polar surface area (TPSA) is 30.3 Å². The molecule has 0 aliphatic carbocycles. The molecular weight excluding hydrogens is 583 g/mol. The zero-order valence-corrected chi connectivity index (χ0v) is 26.9. The first kappa shape index (κ1) is 28.1. The molecule has 0 N–H and O–H groups in total. The van der Waals surface area contributed by atoms with E-state index in [0.29, 0.717) is 5.56 Å². The standard InChI is InChI=1S/C45H33N3/c1-45(2)38-28-30(29-46)18-25-41(38)48(44(45)33-12-6-3-7-13-33)40-27-22-32-19-23-36-39(26-21-31-20-24-37(40)43(32)42(31)36)47(34-14-8-4-9-15-34)35-16-10-5-11-17-35/h3-28,44H,1-2H3. The van der Waals surface area contributed by atoms with Crippen LogP contribution in [-0.4, -0.2) is 0 Å². The van der Waals surface area contributed by atoms with Crippen molar-refractivity contribution < 1.29 is 0 Å². The fourth-order valence-electron chi connectivity index (χ4n) is 8.17. The highest BCUT2D eigenvalue weighted by atomic mass is 15.2. The Bertz CT molecular complexity index is 2460. The highest BCUT2D eigenvalue weighted by molar-refractivity contribution is 6.28. The van der Waals surface area contributed by atoms with Crippen LogP contribution < -0.4 is 9.80 Å². The average molecular weight is 616 g/mol. The minimum atomic E-state index is -0.243. The van der Waals surface area contributed by atoms with Crippen LogP contribution in [0.15, 0.2) is 158 Å². The minimum Gasteiger partial charge on any atom is -0.332 e. The molecule has 1 heterocycles. The molecule has 0 bridgehead atoms. The predicted octanol–water partition coefficient (Wildman–Crippen LogP) is 12.1. The number of rotatable bonds is 5. The molecule has 1 aliphatic rings. The second-order valence-corrected chi connectivity index (χ2v) is 13.3. The van der Waals surface area contributed by atoms with Crippen LogP contribution in [0.25, 0.3) is 32.3 Å². The first-order valence-electron chi connectivity index (χ1n) is 16.5. The SMILES string of the molecule is CC1(C)c2cc(C#N)ccc2N(c2ccc3ccc4c(N(c5ccccc5)c5ccccc5)ccc5ccc2c3c54)C1c1ccccc1. The van der Waals surface area contributed by atoms with Gasteiger partial charge in [0, 0.05) is 38.9 Å². The fourth-order valence-corrected chi connectivity index (χ4v) is 8.17. The van der Waals surface area contributed by atoms with Gasteiger partial charge in [-0.05, 0) is 87.3 Å². The van der Waals surface area contributed by atoms with Gasteiger partial charge >= 0.3 is 0 Å². The van der Waals surface area contributed by atoms with Gasteiger partial charge in [0.05, 0.1) is 23.4 Å². The number of nitrogens with zero attached hydrogens (tertiary/aromatic N) is 3. The molecule has 1 unspecified atom stereocenters. The molecule has 3 nitrogen and oxygen atoms in total. The van der Waals surface area contributed by atoms with Crippen LogP contribution in [0.3, 0.4) is 0 Å². The van der Waals surface area contributed by atoms with Gasteiger partial charge in [0.2, 0.25) is 0 Å². The van der Waals surface area contributed by atoms with Gasteiger partial charge in [0.1, 0.15) is 0 Å². The summed E-state index contributed by atoms with van der Waals surface area (Å²) >= 11 is 0. The highest BCUT2D eigenvalue weighted by Crippen LogP contribution is 2.57. The lowest BCUT2D eigenvalue weighted by atomic mass is 9.77. The molecule has 0 aromatic heterocycles. The number of benzene rings is 8. The lowest BCUT2D eigenvalue weighted by molar-refractivity contribution is 0.449. The number of hydrogen-bond donors (Lipinski definition) is 0. The summed E-state index contributed by atoms with van der Waals surface area (Å²) in [5, 5.41) is 17.3. The molecule has 0 saturated carbocycles. The van der Waals surface area contributed by atoms with Crippen molar-refractivity contribution in [1.82, 2.24) is 0 Å². The molecule has 228 valence electrons. The molecule has 48 heavy (non-hydrogen) atoms.